The van der Waals surface area contributed by atoms with Gasteiger partial charge < -0.3 is 10.4 Å². The van der Waals surface area contributed by atoms with Crippen molar-refractivity contribution in [2.45, 2.75) is 73.8 Å². The topological polar surface area (TPSA) is 103 Å². The molecule has 3 fully saturated rings. The summed E-state index contributed by atoms with van der Waals surface area (Å²) in [6.45, 7) is 3.17. The predicted octanol–water partition coefficient (Wildman–Crippen LogP) is 6.16. The SMILES string of the molecule is CS(=O)(=O)c1ccc2nc(-c3cccc(C(F)(F)F)c3)c(CN3CCC(N4CCC[C@@H](O)C4)CC3)c(C(=O)NC3(c4ccccc4)CC3)c2c1. The lowest BCUT2D eigenvalue weighted by Gasteiger charge is -2.41. The molecule has 12 heteroatoms. The Bertz CT molecular complexity index is 2010. The van der Waals surface area contributed by atoms with E-state index in [0.717, 1.165) is 69.0 Å². The fraction of sp³-hybridized carbons (Fsp3) is 0.421. The first-order valence-electron chi connectivity index (χ1n) is 17.2. The molecular formula is C38H41F3N4O4S. The van der Waals surface area contributed by atoms with Crippen LogP contribution in [0.1, 0.15) is 65.6 Å². The number of β-amino-alcohol motifs (C(OH)–C–C–N with tert-alkyl or cyclic N) is 1. The molecule has 8 nitrogen and oxygen atoms in total. The quantitative estimate of drug-likeness (QED) is 0.226. The van der Waals surface area contributed by atoms with Gasteiger partial charge in [0.25, 0.3) is 5.91 Å². The number of carbonyl (C=O) groups excluding carboxylic acids is 1. The number of hydrogen-bond donors (Lipinski definition) is 2. The van der Waals surface area contributed by atoms with E-state index < -0.39 is 33.0 Å². The van der Waals surface area contributed by atoms with Crippen molar-refractivity contribution < 1.29 is 31.5 Å². The van der Waals surface area contributed by atoms with Crippen LogP contribution >= 0.6 is 0 Å². The minimum atomic E-state index is -4.59. The highest BCUT2D eigenvalue weighted by Gasteiger charge is 2.46. The molecule has 0 spiro atoms. The first kappa shape index (κ1) is 34.6. The molecule has 0 unspecified atom stereocenters. The number of fused-ring (bicyclic) bond motifs is 1. The molecule has 1 aliphatic carbocycles. The molecule has 1 amide bonds. The maximum atomic E-state index is 14.7. The van der Waals surface area contributed by atoms with Crippen LogP contribution in [0.2, 0.25) is 0 Å². The van der Waals surface area contributed by atoms with Crippen LogP contribution in [0.5, 0.6) is 0 Å². The molecule has 3 aliphatic rings. The average Bonchev–Trinajstić information content (AvgIpc) is 3.88. The van der Waals surface area contributed by atoms with Crippen molar-refractivity contribution in [3.63, 3.8) is 0 Å². The molecule has 2 saturated heterocycles. The maximum Gasteiger partial charge on any atom is 0.416 e. The lowest BCUT2D eigenvalue weighted by atomic mass is 9.93. The Morgan fingerprint density at radius 2 is 1.72 bits per heavy atom. The first-order valence-corrected chi connectivity index (χ1v) is 19.1. The lowest BCUT2D eigenvalue weighted by Crippen LogP contribution is -2.49. The number of hydrogen-bond acceptors (Lipinski definition) is 7. The van der Waals surface area contributed by atoms with Gasteiger partial charge >= 0.3 is 6.18 Å². The van der Waals surface area contributed by atoms with E-state index in [-0.39, 0.29) is 34.4 Å². The van der Waals surface area contributed by atoms with Crippen LogP contribution in [0.3, 0.4) is 0 Å². The third-order valence-corrected chi connectivity index (χ3v) is 11.6. The number of rotatable bonds is 8. The number of pyridine rings is 1. The summed E-state index contributed by atoms with van der Waals surface area (Å²) in [5, 5.41) is 13.8. The van der Waals surface area contributed by atoms with Gasteiger partial charge in [0.2, 0.25) is 0 Å². The Morgan fingerprint density at radius 1 is 0.980 bits per heavy atom. The van der Waals surface area contributed by atoms with Gasteiger partial charge in [-0.2, -0.15) is 13.2 Å². The predicted molar refractivity (Wildman–Crippen MR) is 185 cm³/mol. The van der Waals surface area contributed by atoms with Gasteiger partial charge in [-0.15, -0.1) is 0 Å². The number of aromatic nitrogens is 1. The van der Waals surface area contributed by atoms with E-state index in [9.17, 15) is 31.5 Å². The Morgan fingerprint density at radius 3 is 2.38 bits per heavy atom. The second-order valence-electron chi connectivity index (χ2n) is 14.0. The highest BCUT2D eigenvalue weighted by atomic mass is 32.2. The number of carbonyl (C=O) groups is 1. The van der Waals surface area contributed by atoms with Gasteiger partial charge in [-0.1, -0.05) is 42.5 Å². The van der Waals surface area contributed by atoms with Gasteiger partial charge in [0, 0.05) is 41.9 Å². The van der Waals surface area contributed by atoms with Gasteiger partial charge in [-0.05, 0) is 94.1 Å². The van der Waals surface area contributed by atoms with E-state index in [1.165, 1.54) is 24.3 Å². The normalized spacial score (nSPS) is 20.5. The van der Waals surface area contributed by atoms with Crippen molar-refractivity contribution in [1.82, 2.24) is 20.1 Å². The number of aliphatic hydroxyl groups excluding tert-OH is 1. The number of likely N-dealkylation sites (tertiary alicyclic amines) is 2. The number of nitrogens with one attached hydrogen (secondary N) is 1. The van der Waals surface area contributed by atoms with Crippen molar-refractivity contribution in [2.24, 2.45) is 0 Å². The molecule has 3 heterocycles. The number of amides is 1. The fourth-order valence-electron chi connectivity index (χ4n) is 7.64. The smallest absolute Gasteiger partial charge is 0.392 e. The molecule has 2 aliphatic heterocycles. The van der Waals surface area contributed by atoms with E-state index in [1.54, 1.807) is 6.07 Å². The second kappa shape index (κ2) is 13.4. The Kier molecular flexibility index (Phi) is 9.25. The summed E-state index contributed by atoms with van der Waals surface area (Å²) in [6, 6.07) is 19.3. The highest BCUT2D eigenvalue weighted by molar-refractivity contribution is 7.90. The zero-order valence-electron chi connectivity index (χ0n) is 27.9. The molecule has 4 aromatic rings. The van der Waals surface area contributed by atoms with Crippen LogP contribution in [-0.4, -0.2) is 78.8 Å². The van der Waals surface area contributed by atoms with Crippen LogP contribution in [0.15, 0.2) is 77.7 Å². The zero-order chi connectivity index (χ0) is 35.3. The molecule has 0 radical (unpaired) electrons. The molecule has 3 aromatic carbocycles. The Balaban J connectivity index is 1.35. The molecular weight excluding hydrogens is 666 g/mol. The maximum absolute atomic E-state index is 14.7. The van der Waals surface area contributed by atoms with E-state index in [4.69, 9.17) is 4.98 Å². The molecule has 0 bridgehead atoms. The number of piperidine rings is 2. The highest BCUT2D eigenvalue weighted by Crippen LogP contribution is 2.46. The first-order chi connectivity index (χ1) is 23.8. The molecule has 2 N–H and O–H groups in total. The van der Waals surface area contributed by atoms with E-state index >= 15 is 0 Å². The van der Waals surface area contributed by atoms with Crippen molar-refractivity contribution >= 4 is 26.6 Å². The summed E-state index contributed by atoms with van der Waals surface area (Å²) < 4.78 is 67.4. The molecule has 264 valence electrons. The molecule has 7 rings (SSSR count). The largest absolute Gasteiger partial charge is 0.416 e. The number of halogens is 3. The van der Waals surface area contributed by atoms with Crippen LogP contribution < -0.4 is 5.32 Å². The third-order valence-electron chi connectivity index (χ3n) is 10.5. The fourth-order valence-corrected chi connectivity index (χ4v) is 8.28. The number of benzene rings is 3. The standard InChI is InChI=1S/C38H41F3N4O4S/c1-50(48,49)30-12-13-33-31(22-30)34(36(47)43-37(16-17-37)26-8-3-2-4-9-26)32(35(42-33)25-7-5-10-27(21-25)38(39,40)41)24-44-19-14-28(15-20-44)45-18-6-11-29(46)23-45/h2-5,7-10,12-13,21-22,28-29,46H,6,11,14-20,23-24H2,1H3,(H,43,47)/t29-/m1/s1. The molecule has 1 atom stereocenters. The number of nitrogens with zero attached hydrogens (tertiary/aromatic N) is 3. The van der Waals surface area contributed by atoms with Gasteiger partial charge in [-0.3, -0.25) is 14.6 Å². The minimum Gasteiger partial charge on any atom is -0.392 e. The van der Waals surface area contributed by atoms with Crippen LogP contribution in [-0.2, 0) is 28.1 Å². The lowest BCUT2D eigenvalue weighted by molar-refractivity contribution is -0.137. The number of alkyl halides is 3. The van der Waals surface area contributed by atoms with Crippen molar-refractivity contribution in [1.29, 1.82) is 0 Å². The van der Waals surface area contributed by atoms with Gasteiger partial charge in [0.15, 0.2) is 9.84 Å². The van der Waals surface area contributed by atoms with Gasteiger partial charge in [0.05, 0.1) is 38.9 Å². The monoisotopic (exact) mass is 706 g/mol. The molecule has 50 heavy (non-hydrogen) atoms. The van der Waals surface area contributed by atoms with Crippen LogP contribution in [0.25, 0.3) is 22.2 Å². The van der Waals surface area contributed by atoms with E-state index in [0.29, 0.717) is 42.1 Å². The number of aliphatic hydroxyl groups is 1. The van der Waals surface area contributed by atoms with Gasteiger partial charge in [-0.25, -0.2) is 13.4 Å². The summed E-state index contributed by atoms with van der Waals surface area (Å²) >= 11 is 0. The number of sulfone groups is 1. The van der Waals surface area contributed by atoms with Crippen molar-refractivity contribution in [3.8, 4) is 11.3 Å². The zero-order valence-corrected chi connectivity index (χ0v) is 28.7. The Labute approximate surface area is 290 Å². The Hall–Kier alpha value is -3.84. The summed E-state index contributed by atoms with van der Waals surface area (Å²) in [6.07, 6.45) is 1.04. The van der Waals surface area contributed by atoms with Crippen LogP contribution in [0, 0.1) is 0 Å². The third kappa shape index (κ3) is 7.16. The van der Waals surface area contributed by atoms with Crippen molar-refractivity contribution in [2.75, 3.05) is 32.4 Å². The second-order valence-corrected chi connectivity index (χ2v) is 16.1. The van der Waals surface area contributed by atoms with Crippen LogP contribution in [0.4, 0.5) is 13.2 Å². The summed E-state index contributed by atoms with van der Waals surface area (Å²) in [5.41, 5.74) is 0.983. The van der Waals surface area contributed by atoms with E-state index in [2.05, 4.69) is 15.1 Å². The van der Waals surface area contributed by atoms with E-state index in [1.807, 2.05) is 30.3 Å². The summed E-state index contributed by atoms with van der Waals surface area (Å²) in [7, 11) is -3.67. The summed E-state index contributed by atoms with van der Waals surface area (Å²) in [4.78, 5) is 24.1. The average molecular weight is 707 g/mol. The molecule has 1 saturated carbocycles. The summed E-state index contributed by atoms with van der Waals surface area (Å²) in [5.74, 6) is -0.426. The van der Waals surface area contributed by atoms with Crippen molar-refractivity contribution in [3.05, 3.63) is 95.1 Å². The van der Waals surface area contributed by atoms with Gasteiger partial charge in [0.1, 0.15) is 0 Å². The minimum absolute atomic E-state index is 0.0207. The molecule has 1 aromatic heterocycles.